The van der Waals surface area contributed by atoms with E-state index in [2.05, 4.69) is 10.3 Å². The van der Waals surface area contributed by atoms with Crippen LogP contribution in [0.3, 0.4) is 0 Å². The van der Waals surface area contributed by atoms with E-state index in [1.54, 1.807) is 18.3 Å². The Kier molecular flexibility index (Phi) is 11.3. The van der Waals surface area contributed by atoms with Crippen molar-refractivity contribution < 1.29 is 54.5 Å². The van der Waals surface area contributed by atoms with Crippen LogP contribution in [0, 0.1) is 22.7 Å². The maximum atomic E-state index is 15.2. The molecule has 2 aromatic carbocycles. The highest BCUT2D eigenvalue weighted by Gasteiger charge is 2.63. The third kappa shape index (κ3) is 6.96. The van der Waals surface area contributed by atoms with E-state index < -0.39 is 65.1 Å². The molecule has 7 N–H and O–H groups in total. The van der Waals surface area contributed by atoms with Gasteiger partial charge < -0.3 is 50.2 Å². The number of aliphatic hydroxyl groups excluding tert-OH is 5. The first-order chi connectivity index (χ1) is 29.4. The molecule has 61 heavy (non-hydrogen) atoms. The van der Waals surface area contributed by atoms with Crippen molar-refractivity contribution in [2.75, 3.05) is 23.6 Å². The van der Waals surface area contributed by atoms with Gasteiger partial charge in [-0.3, -0.25) is 9.59 Å². The van der Waals surface area contributed by atoms with Crippen molar-refractivity contribution in [1.82, 2.24) is 4.98 Å². The van der Waals surface area contributed by atoms with Crippen molar-refractivity contribution in [1.29, 1.82) is 0 Å². The lowest BCUT2D eigenvalue weighted by Gasteiger charge is -2.51. The van der Waals surface area contributed by atoms with Gasteiger partial charge >= 0.3 is 0 Å². The van der Waals surface area contributed by atoms with Gasteiger partial charge in [-0.1, -0.05) is 70.5 Å². The number of aromatic nitrogens is 1. The first-order valence-electron chi connectivity index (χ1n) is 20.8. The number of anilines is 1. The van der Waals surface area contributed by atoms with Crippen LogP contribution in [0.2, 0.25) is 0 Å². The summed E-state index contributed by atoms with van der Waals surface area (Å²) in [5, 5.41) is 72.5. The Bertz CT molecular complexity index is 2310. The van der Waals surface area contributed by atoms with Crippen LogP contribution in [-0.4, -0.2) is 102 Å². The van der Waals surface area contributed by atoms with Crippen LogP contribution in [-0.2, 0) is 28.0 Å². The molecule has 9 rings (SSSR count). The number of Topliss-reactive ketones (excluding diaryl/α,β-unsaturated/α-hetero) is 2. The predicted octanol–water partition coefficient (Wildman–Crippen LogP) is 4.99. The van der Waals surface area contributed by atoms with E-state index in [0.29, 0.717) is 48.5 Å². The fourth-order valence-electron chi connectivity index (χ4n) is 11.3. The minimum atomic E-state index is -2.34. The number of nitrogens with one attached hydrogen (secondary N) is 1. The highest BCUT2D eigenvalue weighted by Crippen LogP contribution is 2.63. The first kappa shape index (κ1) is 42.3. The average molecular weight is 871 g/mol. The van der Waals surface area contributed by atoms with Crippen molar-refractivity contribution >= 4 is 45.3 Å². The van der Waals surface area contributed by atoms with Gasteiger partial charge in [-0.05, 0) is 102 Å². The van der Waals surface area contributed by atoms with Gasteiger partial charge in [0, 0.05) is 23.4 Å². The van der Waals surface area contributed by atoms with Gasteiger partial charge in [0.05, 0.1) is 30.6 Å². The molecule has 2 saturated carbocycles. The van der Waals surface area contributed by atoms with E-state index in [9.17, 15) is 40.2 Å². The number of benzene rings is 2. The van der Waals surface area contributed by atoms with E-state index in [-0.39, 0.29) is 52.7 Å². The number of hydrogen-bond donors (Lipinski definition) is 7. The fourth-order valence-corrected chi connectivity index (χ4v) is 13.6. The number of ether oxygens (including phenoxy) is 2. The molecule has 6 aliphatic rings. The Hall–Kier alpha value is -4.06. The predicted molar refractivity (Wildman–Crippen MR) is 228 cm³/mol. The summed E-state index contributed by atoms with van der Waals surface area (Å²) >= 11 is 0. The second kappa shape index (κ2) is 16.2. The van der Waals surface area contributed by atoms with E-state index >= 15 is 4.79 Å². The molecule has 13 nitrogen and oxygen atoms in total. The topological polar surface area (TPSA) is 216 Å². The van der Waals surface area contributed by atoms with Crippen molar-refractivity contribution in [3.8, 4) is 5.75 Å². The highest BCUT2D eigenvalue weighted by molar-refractivity contribution is 8.76. The van der Waals surface area contributed by atoms with Gasteiger partial charge in [-0.25, -0.2) is 4.98 Å². The zero-order valence-electron chi connectivity index (χ0n) is 33.4. The zero-order valence-corrected chi connectivity index (χ0v) is 35.1. The summed E-state index contributed by atoms with van der Waals surface area (Å²) in [4.78, 5) is 47.0. The first-order valence-corrected chi connectivity index (χ1v) is 23.3. The van der Waals surface area contributed by atoms with Gasteiger partial charge in [0.25, 0.3) is 0 Å². The third-order valence-electron chi connectivity index (χ3n) is 14.5. The molecule has 3 aromatic rings. The Balaban J connectivity index is 1.14. The molecule has 15 heteroatoms. The number of aldehydes is 1. The number of pyridine rings is 1. The summed E-state index contributed by atoms with van der Waals surface area (Å²) in [6.07, 6.45) is 3.46. The lowest BCUT2D eigenvalue weighted by molar-refractivity contribution is -0.318. The van der Waals surface area contributed by atoms with Crippen LogP contribution in [0.25, 0.3) is 0 Å². The molecule has 1 saturated heterocycles. The quantitative estimate of drug-likeness (QED) is 0.133. The Labute approximate surface area is 361 Å². The summed E-state index contributed by atoms with van der Waals surface area (Å²) in [7, 11) is 2.70. The lowest BCUT2D eigenvalue weighted by Crippen LogP contribution is -2.69. The molecular weight excluding hydrogens is 821 g/mol. The van der Waals surface area contributed by atoms with Crippen LogP contribution in [0.1, 0.15) is 82.4 Å². The van der Waals surface area contributed by atoms with Crippen LogP contribution < -0.4 is 10.1 Å². The number of carbonyl (C=O) groups is 3. The van der Waals surface area contributed by atoms with Crippen molar-refractivity contribution in [2.45, 2.75) is 93.6 Å². The van der Waals surface area contributed by atoms with E-state index in [1.807, 2.05) is 30.3 Å². The number of rotatable bonds is 5. The smallest absolute Gasteiger partial charge is 0.229 e. The zero-order chi connectivity index (χ0) is 42.7. The summed E-state index contributed by atoms with van der Waals surface area (Å²) < 4.78 is 12.4. The molecule has 322 valence electrons. The van der Waals surface area contributed by atoms with Gasteiger partial charge in [0.1, 0.15) is 52.9 Å². The lowest BCUT2D eigenvalue weighted by atomic mass is 9.60. The molecule has 0 amide bonds. The summed E-state index contributed by atoms with van der Waals surface area (Å²) in [6.45, 7) is -0.891. The molecular formula is C46H50N2O11S2. The minimum Gasteiger partial charge on any atom is -0.511 e. The van der Waals surface area contributed by atoms with Crippen LogP contribution in [0.5, 0.6) is 5.75 Å². The number of allylic oxidation sites excluding steroid dienone is 4. The summed E-state index contributed by atoms with van der Waals surface area (Å²) in [5.41, 5.74) is -2.36. The maximum Gasteiger partial charge on any atom is 0.229 e. The summed E-state index contributed by atoms with van der Waals surface area (Å²) in [5.74, 6) is -1.86. The average Bonchev–Trinajstić information content (AvgIpc) is 3.85. The number of nitrogens with zero attached hydrogens (tertiary/aromatic N) is 1. The standard InChI is InChI=1S/C46H50N2O11S2/c49-19-27-5-1-4-26(14-27)15-28-16-32-38(53)31-7-2-8-33-37(31)40(55)45(32,35(52)17-28)24-60-61-25-48-36-18-29(9-13-47-36)44(12-11-43(22-44)10-3-6-30(43)20-50)23-46(57)39(54)34(21-51)59-42(58-33)41(46)56/h1-2,4-5,7-9,13-14,16-18,20,30,32,34,39,41-42,49,51-52,54,56-57H,3,6,10-12,15,19,21-25H2,(H,47,48)/t30-,32+,34+,39+,41-,42+,43+,44+,45-,46-/m0/s1. The van der Waals surface area contributed by atoms with Crippen molar-refractivity contribution in [2.24, 2.45) is 22.7 Å². The Morgan fingerprint density at radius 1 is 0.967 bits per heavy atom. The Morgan fingerprint density at radius 3 is 2.59 bits per heavy atom. The van der Waals surface area contributed by atoms with Gasteiger partial charge in [-0.15, -0.1) is 0 Å². The SMILES string of the molecule is O=C[C@@H]1CCC[C@]12CC[C@@]1(C2)C[C@]2(O)[C@H](O)[C@@H](CO)O[C@@H](Oc3cccc4c3C(=O)[C@]3(CSSCNc5cc1ccn5)C(O)=CC(Cc1cccc(CO)c1)=C[C@@H]3C4=O)[C@@H]2O. The molecule has 1 aromatic heterocycles. The monoisotopic (exact) mass is 870 g/mol. The summed E-state index contributed by atoms with van der Waals surface area (Å²) in [6, 6.07) is 15.6. The largest absolute Gasteiger partial charge is 0.511 e. The normalized spacial score (nSPS) is 36.0. The van der Waals surface area contributed by atoms with Crippen molar-refractivity contribution in [3.05, 3.63) is 112 Å². The second-order valence-electron chi connectivity index (χ2n) is 17.7. The number of aliphatic hydroxyl groups is 6. The molecule has 4 aliphatic carbocycles. The molecule has 3 spiro atoms. The van der Waals surface area contributed by atoms with Crippen LogP contribution >= 0.6 is 21.6 Å². The van der Waals surface area contributed by atoms with Gasteiger partial charge in [0.15, 0.2) is 11.6 Å². The minimum absolute atomic E-state index is 0.00782. The molecule has 10 atom stereocenters. The molecule has 3 fully saturated rings. The maximum absolute atomic E-state index is 15.2. The van der Waals surface area contributed by atoms with Crippen molar-refractivity contribution in [3.63, 3.8) is 0 Å². The van der Waals surface area contributed by atoms with Crippen LogP contribution in [0.15, 0.2) is 84.3 Å². The van der Waals surface area contributed by atoms with Crippen LogP contribution in [0.4, 0.5) is 5.82 Å². The molecule has 3 heterocycles. The number of carbonyl (C=O) groups excluding carboxylic acids is 3. The highest BCUT2D eigenvalue weighted by atomic mass is 33.1. The third-order valence-corrected chi connectivity index (χ3v) is 16.7. The van der Waals surface area contributed by atoms with E-state index in [0.717, 1.165) is 36.7 Å². The molecule has 2 aliphatic heterocycles. The molecule has 6 bridgehead atoms. The van der Waals surface area contributed by atoms with Gasteiger partial charge in [-0.2, -0.15) is 0 Å². The number of fused-ring (bicyclic) bond motifs is 5. The van der Waals surface area contributed by atoms with E-state index in [4.69, 9.17) is 9.47 Å². The number of ketones is 2. The Morgan fingerprint density at radius 2 is 1.79 bits per heavy atom. The fraction of sp³-hybridized carbons (Fsp3) is 0.478. The van der Waals surface area contributed by atoms with Gasteiger partial charge in [0.2, 0.25) is 6.29 Å². The van der Waals surface area contributed by atoms with E-state index in [1.165, 1.54) is 45.9 Å². The second-order valence-corrected chi connectivity index (χ2v) is 20.2. The molecule has 0 unspecified atom stereocenters. The number of hydrogen-bond acceptors (Lipinski definition) is 15. The molecule has 0 radical (unpaired) electrons.